The molecule has 0 aliphatic carbocycles. The fraction of sp³-hybridized carbons (Fsp3) is 0.263. The van der Waals surface area contributed by atoms with Crippen LogP contribution in [-0.2, 0) is 9.59 Å². The maximum atomic E-state index is 13.0. The van der Waals surface area contributed by atoms with E-state index >= 15 is 0 Å². The maximum absolute atomic E-state index is 13.0. The third-order valence-electron chi connectivity index (χ3n) is 4.03. The number of anilines is 1. The molecule has 0 saturated carbocycles. The predicted molar refractivity (Wildman–Crippen MR) is 103 cm³/mol. The normalized spacial score (nSPS) is 18.2. The molecule has 1 N–H and O–H groups in total. The van der Waals surface area contributed by atoms with Crippen molar-refractivity contribution in [1.29, 1.82) is 0 Å². The molecule has 1 aromatic carbocycles. The number of amides is 1. The van der Waals surface area contributed by atoms with E-state index in [-0.39, 0.29) is 11.4 Å². The number of halogens is 1. The minimum absolute atomic E-state index is 0.167. The molecule has 0 radical (unpaired) electrons. The number of Topliss-reactive ketones (excluding diaryl/α,β-unsaturated/α-hetero) is 1. The molecule has 6 heteroatoms. The second-order valence-electron chi connectivity index (χ2n) is 6.91. The molecule has 25 heavy (non-hydrogen) atoms. The minimum atomic E-state index is -0.702. The van der Waals surface area contributed by atoms with E-state index in [4.69, 9.17) is 0 Å². The van der Waals surface area contributed by atoms with Crippen molar-refractivity contribution in [3.63, 3.8) is 0 Å². The van der Waals surface area contributed by atoms with Gasteiger partial charge in [0.25, 0.3) is 5.91 Å². The van der Waals surface area contributed by atoms with E-state index in [1.165, 1.54) is 16.2 Å². The average Bonchev–Trinajstić information content (AvgIpc) is 3.13. The van der Waals surface area contributed by atoms with Gasteiger partial charge in [-0.25, -0.2) is 0 Å². The highest BCUT2D eigenvalue weighted by Gasteiger charge is 2.47. The number of aliphatic hydroxyl groups excluding tert-OH is 1. The Kier molecular flexibility index (Phi) is 4.60. The highest BCUT2D eigenvalue weighted by atomic mass is 79.9. The Bertz CT molecular complexity index is 865. The molecule has 1 atom stereocenters. The number of rotatable bonds is 3. The quantitative estimate of drug-likeness (QED) is 0.758. The lowest BCUT2D eigenvalue weighted by Gasteiger charge is -2.28. The molecule has 2 heterocycles. The van der Waals surface area contributed by atoms with Gasteiger partial charge in [-0.1, -0.05) is 48.8 Å². The summed E-state index contributed by atoms with van der Waals surface area (Å²) in [5, 5.41) is 12.4. The Morgan fingerprint density at radius 1 is 1.24 bits per heavy atom. The van der Waals surface area contributed by atoms with Gasteiger partial charge in [0.1, 0.15) is 6.04 Å². The topological polar surface area (TPSA) is 57.6 Å². The van der Waals surface area contributed by atoms with Crippen LogP contribution in [0.25, 0.3) is 0 Å². The van der Waals surface area contributed by atoms with Crippen molar-refractivity contribution < 1.29 is 14.7 Å². The summed E-state index contributed by atoms with van der Waals surface area (Å²) < 4.78 is 0.817. The highest BCUT2D eigenvalue weighted by molar-refractivity contribution is 9.10. The third-order valence-corrected chi connectivity index (χ3v) is 5.45. The first-order valence-electron chi connectivity index (χ1n) is 7.82. The third kappa shape index (κ3) is 3.16. The predicted octanol–water partition coefficient (Wildman–Crippen LogP) is 5.03. The largest absolute Gasteiger partial charge is 0.503 e. The summed E-state index contributed by atoms with van der Waals surface area (Å²) in [6.07, 6.45) is 0. The van der Waals surface area contributed by atoms with E-state index < -0.39 is 23.1 Å². The van der Waals surface area contributed by atoms with Gasteiger partial charge in [-0.05, 0) is 29.6 Å². The Morgan fingerprint density at radius 2 is 1.96 bits per heavy atom. The number of ketones is 1. The first kappa shape index (κ1) is 17.9. The molecule has 0 fully saturated rings. The van der Waals surface area contributed by atoms with Crippen LogP contribution in [0.1, 0.15) is 31.7 Å². The number of nitrogens with zero attached hydrogens (tertiary/aromatic N) is 1. The lowest BCUT2D eigenvalue weighted by molar-refractivity contribution is -0.123. The van der Waals surface area contributed by atoms with E-state index in [0.717, 1.165) is 9.35 Å². The average molecular weight is 420 g/mol. The summed E-state index contributed by atoms with van der Waals surface area (Å²) in [5.74, 6) is -1.24. The monoisotopic (exact) mass is 419 g/mol. The molecule has 1 aromatic heterocycles. The SMILES string of the molecule is CC(C)(C)C(=O)C1=C(O)C(=O)N(c2cccc(Br)c2)C1c1cccs1. The van der Waals surface area contributed by atoms with Crippen LogP contribution in [0.5, 0.6) is 0 Å². The fourth-order valence-corrected chi connectivity index (χ4v) is 4.06. The molecule has 4 nitrogen and oxygen atoms in total. The summed E-state index contributed by atoms with van der Waals surface area (Å²) >= 11 is 4.87. The van der Waals surface area contributed by atoms with Crippen molar-refractivity contribution in [2.24, 2.45) is 5.41 Å². The first-order valence-corrected chi connectivity index (χ1v) is 9.49. The Morgan fingerprint density at radius 3 is 2.52 bits per heavy atom. The van der Waals surface area contributed by atoms with Crippen LogP contribution in [0.3, 0.4) is 0 Å². The zero-order chi connectivity index (χ0) is 18.4. The molecule has 1 aliphatic heterocycles. The molecule has 1 aliphatic rings. The molecular formula is C19H18BrNO3S. The second kappa shape index (κ2) is 6.42. The Hall–Kier alpha value is -1.92. The van der Waals surface area contributed by atoms with Gasteiger partial charge in [0.2, 0.25) is 0 Å². The number of aliphatic hydroxyl groups is 1. The Labute approximate surface area is 158 Å². The number of carbonyl (C=O) groups excluding carboxylic acids is 2. The zero-order valence-corrected chi connectivity index (χ0v) is 16.5. The molecule has 0 bridgehead atoms. The smallest absolute Gasteiger partial charge is 0.294 e. The molecular weight excluding hydrogens is 402 g/mol. The van der Waals surface area contributed by atoms with Crippen molar-refractivity contribution in [2.75, 3.05) is 4.90 Å². The Balaban J connectivity index is 2.18. The van der Waals surface area contributed by atoms with Crippen molar-refractivity contribution in [3.8, 4) is 0 Å². The summed E-state index contributed by atoms with van der Waals surface area (Å²) in [6, 6.07) is 10.4. The molecule has 1 amide bonds. The van der Waals surface area contributed by atoms with Crippen molar-refractivity contribution in [1.82, 2.24) is 0 Å². The van der Waals surface area contributed by atoms with Gasteiger partial charge in [0.05, 0.1) is 5.57 Å². The maximum Gasteiger partial charge on any atom is 0.294 e. The van der Waals surface area contributed by atoms with Crippen LogP contribution in [-0.4, -0.2) is 16.8 Å². The lowest BCUT2D eigenvalue weighted by Crippen LogP contribution is -2.32. The van der Waals surface area contributed by atoms with Crippen LogP contribution in [0.4, 0.5) is 5.69 Å². The second-order valence-corrected chi connectivity index (χ2v) is 8.81. The molecule has 0 saturated heterocycles. The van der Waals surface area contributed by atoms with Gasteiger partial charge < -0.3 is 5.11 Å². The van der Waals surface area contributed by atoms with E-state index in [9.17, 15) is 14.7 Å². The van der Waals surface area contributed by atoms with E-state index in [1.807, 2.05) is 29.6 Å². The van der Waals surface area contributed by atoms with E-state index in [0.29, 0.717) is 5.69 Å². The fourth-order valence-electron chi connectivity index (χ4n) is 2.85. The van der Waals surface area contributed by atoms with Crippen LogP contribution < -0.4 is 4.90 Å². The highest BCUT2D eigenvalue weighted by Crippen LogP contribution is 2.44. The molecule has 0 spiro atoms. The number of thiophene rings is 1. The summed E-state index contributed by atoms with van der Waals surface area (Å²) in [4.78, 5) is 28.1. The minimum Gasteiger partial charge on any atom is -0.503 e. The van der Waals surface area contributed by atoms with Gasteiger partial charge in [-0.2, -0.15) is 0 Å². The number of benzene rings is 1. The lowest BCUT2D eigenvalue weighted by atomic mass is 9.83. The summed E-state index contributed by atoms with van der Waals surface area (Å²) in [5.41, 5.74) is 0.0906. The first-order chi connectivity index (χ1) is 11.7. The standard InChI is InChI=1S/C19H18BrNO3S/c1-19(2,3)17(23)14-15(13-8-5-9-25-13)21(18(24)16(14)22)12-7-4-6-11(20)10-12/h4-10,15,22H,1-3H3. The van der Waals surface area contributed by atoms with Gasteiger partial charge >= 0.3 is 0 Å². The van der Waals surface area contributed by atoms with Crippen LogP contribution in [0, 0.1) is 5.41 Å². The number of hydrogen-bond donors (Lipinski definition) is 1. The van der Waals surface area contributed by atoms with E-state index in [2.05, 4.69) is 15.9 Å². The van der Waals surface area contributed by atoms with Crippen molar-refractivity contribution in [3.05, 3.63) is 62.5 Å². The van der Waals surface area contributed by atoms with Crippen LogP contribution >= 0.6 is 27.3 Å². The van der Waals surface area contributed by atoms with Crippen LogP contribution in [0.15, 0.2) is 57.6 Å². The summed E-state index contributed by atoms with van der Waals surface area (Å²) in [6.45, 7) is 5.36. The molecule has 1 unspecified atom stereocenters. The van der Waals surface area contributed by atoms with E-state index in [1.54, 1.807) is 32.9 Å². The number of carbonyl (C=O) groups is 2. The molecule has 3 rings (SSSR count). The zero-order valence-electron chi connectivity index (χ0n) is 14.1. The van der Waals surface area contributed by atoms with Gasteiger partial charge in [-0.15, -0.1) is 11.3 Å². The van der Waals surface area contributed by atoms with Crippen LogP contribution in [0.2, 0.25) is 0 Å². The summed E-state index contributed by atoms with van der Waals surface area (Å²) in [7, 11) is 0. The van der Waals surface area contributed by atoms with Crippen molar-refractivity contribution in [2.45, 2.75) is 26.8 Å². The van der Waals surface area contributed by atoms with Crippen molar-refractivity contribution >= 4 is 44.6 Å². The molecule has 2 aromatic rings. The van der Waals surface area contributed by atoms with Gasteiger partial charge in [-0.3, -0.25) is 14.5 Å². The number of hydrogen-bond acceptors (Lipinski definition) is 4. The van der Waals surface area contributed by atoms with Gasteiger partial charge in [0.15, 0.2) is 11.5 Å². The molecule has 130 valence electrons. The van der Waals surface area contributed by atoms with Gasteiger partial charge in [0, 0.05) is 20.5 Å².